The van der Waals surface area contributed by atoms with E-state index in [-0.39, 0.29) is 0 Å². The molecule has 0 unspecified atom stereocenters. The summed E-state index contributed by atoms with van der Waals surface area (Å²) in [5, 5.41) is 3.06. The highest BCUT2D eigenvalue weighted by Crippen LogP contribution is 2.09. The van der Waals surface area contributed by atoms with Crippen LogP contribution in [0.5, 0.6) is 5.88 Å². The Morgan fingerprint density at radius 1 is 1.59 bits per heavy atom. The molecule has 1 rings (SSSR count). The van der Waals surface area contributed by atoms with Gasteiger partial charge in [0.15, 0.2) is 5.96 Å². The first-order chi connectivity index (χ1) is 8.26. The molecule has 1 aromatic rings. The number of aromatic nitrogens is 1. The molecule has 0 aliphatic rings. The molecule has 0 amide bonds. The highest BCUT2D eigenvalue weighted by molar-refractivity contribution is 5.77. The Morgan fingerprint density at radius 3 is 3.12 bits per heavy atom. The lowest BCUT2D eigenvalue weighted by Crippen LogP contribution is -2.32. The van der Waals surface area contributed by atoms with Crippen LogP contribution in [0.4, 0.5) is 0 Å². The van der Waals surface area contributed by atoms with Crippen molar-refractivity contribution in [1.29, 1.82) is 0 Å². The standard InChI is InChI=1S/C12H20N4O/c1-3-4-6-15-12(13)16-9-10-5-7-14-11(8-10)17-2/h5,7-8H,3-4,6,9H2,1-2H3,(H3,13,15,16). The minimum absolute atomic E-state index is 0.481. The second kappa shape index (κ2) is 7.49. The van der Waals surface area contributed by atoms with Crippen LogP contribution in [-0.2, 0) is 6.54 Å². The third-order valence-corrected chi connectivity index (χ3v) is 2.28. The van der Waals surface area contributed by atoms with E-state index < -0.39 is 0 Å². The number of unbranched alkanes of at least 4 members (excludes halogenated alkanes) is 1. The Labute approximate surface area is 102 Å². The molecular weight excluding hydrogens is 216 g/mol. The van der Waals surface area contributed by atoms with Gasteiger partial charge in [-0.05, 0) is 18.1 Å². The van der Waals surface area contributed by atoms with Crippen LogP contribution in [-0.4, -0.2) is 24.6 Å². The molecule has 0 aliphatic heterocycles. The van der Waals surface area contributed by atoms with Crippen molar-refractivity contribution in [3.8, 4) is 5.88 Å². The molecule has 94 valence electrons. The summed E-state index contributed by atoms with van der Waals surface area (Å²) in [6.07, 6.45) is 3.94. The van der Waals surface area contributed by atoms with Gasteiger partial charge in [-0.2, -0.15) is 0 Å². The summed E-state index contributed by atoms with van der Waals surface area (Å²) >= 11 is 0. The molecule has 3 N–H and O–H groups in total. The number of nitrogens with two attached hydrogens (primary N) is 1. The summed E-state index contributed by atoms with van der Waals surface area (Å²) in [7, 11) is 1.59. The van der Waals surface area contributed by atoms with Crippen LogP contribution in [0, 0.1) is 0 Å². The third kappa shape index (κ3) is 5.19. The monoisotopic (exact) mass is 236 g/mol. The van der Waals surface area contributed by atoms with Crippen molar-refractivity contribution in [2.75, 3.05) is 13.7 Å². The molecule has 0 aromatic carbocycles. The minimum Gasteiger partial charge on any atom is -0.481 e. The lowest BCUT2D eigenvalue weighted by atomic mass is 10.3. The first-order valence-corrected chi connectivity index (χ1v) is 5.79. The topological polar surface area (TPSA) is 72.5 Å². The smallest absolute Gasteiger partial charge is 0.213 e. The summed E-state index contributed by atoms with van der Waals surface area (Å²) in [6, 6.07) is 3.74. The van der Waals surface area contributed by atoms with E-state index in [2.05, 4.69) is 22.2 Å². The van der Waals surface area contributed by atoms with Crippen molar-refractivity contribution < 1.29 is 4.74 Å². The maximum absolute atomic E-state index is 5.72. The molecule has 5 heteroatoms. The van der Waals surface area contributed by atoms with Crippen molar-refractivity contribution in [3.63, 3.8) is 0 Å². The normalized spacial score (nSPS) is 11.3. The van der Waals surface area contributed by atoms with Gasteiger partial charge in [0.2, 0.25) is 5.88 Å². The molecule has 0 saturated carbocycles. The van der Waals surface area contributed by atoms with Gasteiger partial charge in [0.25, 0.3) is 0 Å². The average Bonchev–Trinajstić information content (AvgIpc) is 2.37. The first-order valence-electron chi connectivity index (χ1n) is 5.79. The third-order valence-electron chi connectivity index (χ3n) is 2.28. The molecule has 0 aliphatic carbocycles. The van der Waals surface area contributed by atoms with Crippen LogP contribution < -0.4 is 15.8 Å². The van der Waals surface area contributed by atoms with E-state index in [1.165, 1.54) is 0 Å². The number of nitrogens with zero attached hydrogens (tertiary/aromatic N) is 2. The number of guanidine groups is 1. The van der Waals surface area contributed by atoms with E-state index in [0.29, 0.717) is 18.4 Å². The van der Waals surface area contributed by atoms with Gasteiger partial charge in [-0.3, -0.25) is 0 Å². The molecule has 0 radical (unpaired) electrons. The number of aliphatic imine (C=N–C) groups is 1. The van der Waals surface area contributed by atoms with Crippen LogP contribution in [0.25, 0.3) is 0 Å². The van der Waals surface area contributed by atoms with Crippen LogP contribution in [0.3, 0.4) is 0 Å². The van der Waals surface area contributed by atoms with Gasteiger partial charge in [-0.1, -0.05) is 13.3 Å². The predicted molar refractivity (Wildman–Crippen MR) is 69.0 cm³/mol. The van der Waals surface area contributed by atoms with Gasteiger partial charge < -0.3 is 15.8 Å². The molecular formula is C12H20N4O. The molecule has 0 bridgehead atoms. The van der Waals surface area contributed by atoms with Crippen molar-refractivity contribution in [3.05, 3.63) is 23.9 Å². The predicted octanol–water partition coefficient (Wildman–Crippen LogP) is 1.29. The van der Waals surface area contributed by atoms with Gasteiger partial charge in [-0.15, -0.1) is 0 Å². The van der Waals surface area contributed by atoms with Crippen molar-refractivity contribution >= 4 is 5.96 Å². The fourth-order valence-corrected chi connectivity index (χ4v) is 1.29. The van der Waals surface area contributed by atoms with Crippen LogP contribution >= 0.6 is 0 Å². The minimum atomic E-state index is 0.481. The van der Waals surface area contributed by atoms with E-state index in [4.69, 9.17) is 10.5 Å². The zero-order valence-corrected chi connectivity index (χ0v) is 10.4. The number of ether oxygens (including phenoxy) is 1. The van der Waals surface area contributed by atoms with Crippen LogP contribution in [0.1, 0.15) is 25.3 Å². The number of rotatable bonds is 6. The van der Waals surface area contributed by atoms with E-state index in [0.717, 1.165) is 24.9 Å². The number of methoxy groups -OCH3 is 1. The molecule has 1 heterocycles. The van der Waals surface area contributed by atoms with E-state index >= 15 is 0 Å². The number of pyridine rings is 1. The zero-order valence-electron chi connectivity index (χ0n) is 10.4. The Balaban J connectivity index is 2.44. The average molecular weight is 236 g/mol. The highest BCUT2D eigenvalue weighted by atomic mass is 16.5. The SMILES string of the molecule is CCCCNC(N)=NCc1ccnc(OC)c1. The Kier molecular flexibility index (Phi) is 5.85. The van der Waals surface area contributed by atoms with Crippen LogP contribution in [0.15, 0.2) is 23.3 Å². The summed E-state index contributed by atoms with van der Waals surface area (Å²) in [5.74, 6) is 1.07. The Morgan fingerprint density at radius 2 is 2.41 bits per heavy atom. The van der Waals surface area contributed by atoms with Crippen molar-refractivity contribution in [2.24, 2.45) is 10.7 Å². The van der Waals surface area contributed by atoms with Gasteiger partial charge in [-0.25, -0.2) is 9.98 Å². The maximum Gasteiger partial charge on any atom is 0.213 e. The Hall–Kier alpha value is -1.78. The molecule has 0 atom stereocenters. The summed E-state index contributed by atoms with van der Waals surface area (Å²) in [5.41, 5.74) is 6.75. The summed E-state index contributed by atoms with van der Waals surface area (Å²) < 4.78 is 5.03. The van der Waals surface area contributed by atoms with E-state index in [9.17, 15) is 0 Å². The second-order valence-electron chi connectivity index (χ2n) is 3.69. The molecule has 1 aromatic heterocycles. The van der Waals surface area contributed by atoms with Gasteiger partial charge >= 0.3 is 0 Å². The number of hydrogen-bond donors (Lipinski definition) is 2. The first kappa shape index (κ1) is 13.3. The highest BCUT2D eigenvalue weighted by Gasteiger charge is 1.96. The van der Waals surface area contributed by atoms with Crippen LogP contribution in [0.2, 0.25) is 0 Å². The fourth-order valence-electron chi connectivity index (χ4n) is 1.29. The quantitative estimate of drug-likeness (QED) is 0.443. The van der Waals surface area contributed by atoms with Gasteiger partial charge in [0.05, 0.1) is 13.7 Å². The molecule has 0 fully saturated rings. The summed E-state index contributed by atoms with van der Waals surface area (Å²) in [6.45, 7) is 3.54. The fraction of sp³-hybridized carbons (Fsp3) is 0.500. The number of nitrogens with one attached hydrogen (secondary N) is 1. The van der Waals surface area contributed by atoms with E-state index in [1.54, 1.807) is 13.3 Å². The van der Waals surface area contributed by atoms with Crippen molar-refractivity contribution in [1.82, 2.24) is 10.3 Å². The zero-order chi connectivity index (χ0) is 12.5. The van der Waals surface area contributed by atoms with Gasteiger partial charge in [0.1, 0.15) is 0 Å². The lowest BCUT2D eigenvalue weighted by Gasteiger charge is -2.05. The van der Waals surface area contributed by atoms with Gasteiger partial charge in [0, 0.05) is 18.8 Å². The molecule has 5 nitrogen and oxygen atoms in total. The molecule has 0 saturated heterocycles. The lowest BCUT2D eigenvalue weighted by molar-refractivity contribution is 0.397. The molecule has 17 heavy (non-hydrogen) atoms. The second-order valence-corrected chi connectivity index (χ2v) is 3.69. The largest absolute Gasteiger partial charge is 0.481 e. The number of hydrogen-bond acceptors (Lipinski definition) is 3. The molecule has 0 spiro atoms. The summed E-state index contributed by atoms with van der Waals surface area (Å²) in [4.78, 5) is 8.27. The van der Waals surface area contributed by atoms with E-state index in [1.807, 2.05) is 12.1 Å². The maximum atomic E-state index is 5.72. The Bertz CT molecular complexity index is 365. The van der Waals surface area contributed by atoms with Crippen molar-refractivity contribution in [2.45, 2.75) is 26.3 Å².